The molecule has 0 atom stereocenters. The molecule has 0 unspecified atom stereocenters. The number of aromatic nitrogens is 2. The second-order valence-electron chi connectivity index (χ2n) is 6.47. The normalized spacial score (nSPS) is 30.6. The van der Waals surface area contributed by atoms with E-state index < -0.39 is 0 Å². The maximum Gasteiger partial charge on any atom is 0.240 e. The summed E-state index contributed by atoms with van der Waals surface area (Å²) in [6.07, 6.45) is 7.01. The fourth-order valence-corrected chi connectivity index (χ4v) is 2.96. The lowest BCUT2D eigenvalue weighted by Crippen LogP contribution is -2.34. The maximum absolute atomic E-state index is 5.77. The molecule has 1 N–H and O–H groups in total. The fourth-order valence-electron chi connectivity index (χ4n) is 2.96. The van der Waals surface area contributed by atoms with Gasteiger partial charge in [-0.3, -0.25) is 0 Å². The topological polar surface area (TPSA) is 60.2 Å². The van der Waals surface area contributed by atoms with Gasteiger partial charge < -0.3 is 14.6 Å². The number of rotatable bonds is 6. The van der Waals surface area contributed by atoms with E-state index in [1.165, 1.54) is 12.8 Å². The van der Waals surface area contributed by atoms with Gasteiger partial charge in [0.05, 0.1) is 6.54 Å². The lowest BCUT2D eigenvalue weighted by Gasteiger charge is -2.35. The monoisotopic (exact) mass is 279 g/mol. The van der Waals surface area contributed by atoms with Crippen molar-refractivity contribution >= 4 is 0 Å². The van der Waals surface area contributed by atoms with Crippen LogP contribution in [-0.4, -0.2) is 23.8 Å². The molecule has 2 fully saturated rings. The first-order valence-corrected chi connectivity index (χ1v) is 7.81. The van der Waals surface area contributed by atoms with E-state index in [1.807, 2.05) is 0 Å². The van der Waals surface area contributed by atoms with Crippen molar-refractivity contribution in [2.24, 2.45) is 11.8 Å². The molecule has 0 radical (unpaired) electrons. The summed E-state index contributed by atoms with van der Waals surface area (Å²) in [4.78, 5) is 4.55. The molecule has 2 aliphatic carbocycles. The zero-order valence-corrected chi connectivity index (χ0v) is 12.5. The largest absolute Gasteiger partial charge is 0.370 e. The van der Waals surface area contributed by atoms with Crippen LogP contribution in [0.1, 0.15) is 57.2 Å². The average Bonchev–Trinajstić information content (AvgIpc) is 3.17. The van der Waals surface area contributed by atoms with E-state index in [4.69, 9.17) is 9.26 Å². The Bertz CT molecular complexity index is 434. The molecule has 5 nitrogen and oxygen atoms in total. The van der Waals surface area contributed by atoms with Gasteiger partial charge in [-0.15, -0.1) is 0 Å². The van der Waals surface area contributed by atoms with Crippen LogP contribution in [0.5, 0.6) is 0 Å². The van der Waals surface area contributed by atoms with Crippen LogP contribution in [0.3, 0.4) is 0 Å². The molecule has 2 aliphatic rings. The molecule has 0 saturated heterocycles. The molecule has 3 rings (SSSR count). The molecule has 1 heterocycles. The molecule has 0 bridgehead atoms. The summed E-state index contributed by atoms with van der Waals surface area (Å²) < 4.78 is 11.1. The highest BCUT2D eigenvalue weighted by molar-refractivity contribution is 5.04. The Hall–Kier alpha value is -0.940. The summed E-state index contributed by atoms with van der Waals surface area (Å²) in [5.74, 6) is 3.04. The summed E-state index contributed by atoms with van der Waals surface area (Å²) in [6, 6.07) is 0. The number of nitrogens with zero attached hydrogens (tertiary/aromatic N) is 2. The van der Waals surface area contributed by atoms with Crippen LogP contribution in [0.25, 0.3) is 0 Å². The molecule has 0 spiro atoms. The minimum absolute atomic E-state index is 0.329. The number of methoxy groups -OCH3 is 1. The van der Waals surface area contributed by atoms with E-state index in [2.05, 4.69) is 22.4 Å². The highest BCUT2D eigenvalue weighted by Crippen LogP contribution is 2.40. The minimum Gasteiger partial charge on any atom is -0.370 e. The van der Waals surface area contributed by atoms with Crippen LogP contribution in [-0.2, 0) is 16.9 Å². The van der Waals surface area contributed by atoms with Crippen LogP contribution in [0.2, 0.25) is 0 Å². The second kappa shape index (κ2) is 5.82. The van der Waals surface area contributed by atoms with Crippen LogP contribution in [0.15, 0.2) is 4.52 Å². The summed E-state index contributed by atoms with van der Waals surface area (Å²) in [5.41, 5.74) is -0.329. The van der Waals surface area contributed by atoms with Gasteiger partial charge in [-0.05, 0) is 56.9 Å². The van der Waals surface area contributed by atoms with Gasteiger partial charge in [-0.1, -0.05) is 12.1 Å². The van der Waals surface area contributed by atoms with E-state index in [1.54, 1.807) is 7.11 Å². The quantitative estimate of drug-likeness (QED) is 0.867. The van der Waals surface area contributed by atoms with Crippen LogP contribution in [0, 0.1) is 11.8 Å². The lowest BCUT2D eigenvalue weighted by atomic mass is 9.79. The SMILES string of the molecule is COC1(c2noc(CNCC3CC3)n2)CCC(C)CC1. The smallest absolute Gasteiger partial charge is 0.240 e. The Balaban J connectivity index is 1.61. The predicted octanol–water partition coefficient (Wildman–Crippen LogP) is 2.62. The molecule has 0 amide bonds. The Morgan fingerprint density at radius 2 is 2.05 bits per heavy atom. The standard InChI is InChI=1S/C15H25N3O2/c1-11-5-7-15(19-2,8-6-11)14-17-13(20-18-14)10-16-9-12-3-4-12/h11-12,16H,3-10H2,1-2H3. The number of ether oxygens (including phenoxy) is 1. The van der Waals surface area contributed by atoms with Crippen molar-refractivity contribution in [3.05, 3.63) is 11.7 Å². The Labute approximate surface area is 120 Å². The predicted molar refractivity (Wildman–Crippen MR) is 75.0 cm³/mol. The van der Waals surface area contributed by atoms with E-state index in [0.717, 1.165) is 49.9 Å². The van der Waals surface area contributed by atoms with Gasteiger partial charge in [-0.2, -0.15) is 4.98 Å². The van der Waals surface area contributed by atoms with Gasteiger partial charge >= 0.3 is 0 Å². The first-order valence-electron chi connectivity index (χ1n) is 7.81. The number of hydrogen-bond acceptors (Lipinski definition) is 5. The molecule has 112 valence electrons. The molecule has 0 aliphatic heterocycles. The molecular weight excluding hydrogens is 254 g/mol. The van der Waals surface area contributed by atoms with Crippen molar-refractivity contribution < 1.29 is 9.26 Å². The first-order chi connectivity index (χ1) is 9.72. The average molecular weight is 279 g/mol. The second-order valence-corrected chi connectivity index (χ2v) is 6.47. The van der Waals surface area contributed by atoms with Gasteiger partial charge in [0, 0.05) is 7.11 Å². The number of nitrogens with one attached hydrogen (secondary N) is 1. The van der Waals surface area contributed by atoms with Crippen molar-refractivity contribution in [1.82, 2.24) is 15.5 Å². The van der Waals surface area contributed by atoms with Crippen LogP contribution >= 0.6 is 0 Å². The minimum atomic E-state index is -0.329. The van der Waals surface area contributed by atoms with Gasteiger partial charge in [0.1, 0.15) is 5.60 Å². The van der Waals surface area contributed by atoms with Gasteiger partial charge in [-0.25, -0.2) is 0 Å². The fraction of sp³-hybridized carbons (Fsp3) is 0.867. The van der Waals surface area contributed by atoms with Crippen molar-refractivity contribution in [1.29, 1.82) is 0 Å². The highest BCUT2D eigenvalue weighted by atomic mass is 16.5. The summed E-state index contributed by atoms with van der Waals surface area (Å²) in [6.45, 7) is 4.02. The van der Waals surface area contributed by atoms with Crippen molar-refractivity contribution in [3.63, 3.8) is 0 Å². The highest BCUT2D eigenvalue weighted by Gasteiger charge is 2.40. The lowest BCUT2D eigenvalue weighted by molar-refractivity contribution is -0.0609. The molecular formula is C15H25N3O2. The molecule has 5 heteroatoms. The third kappa shape index (κ3) is 3.04. The Morgan fingerprint density at radius 3 is 2.70 bits per heavy atom. The van der Waals surface area contributed by atoms with Gasteiger partial charge in [0.2, 0.25) is 11.7 Å². The summed E-state index contributed by atoms with van der Waals surface area (Å²) >= 11 is 0. The molecule has 1 aromatic heterocycles. The zero-order chi connectivity index (χ0) is 14.0. The molecule has 2 saturated carbocycles. The Morgan fingerprint density at radius 1 is 1.30 bits per heavy atom. The third-order valence-corrected chi connectivity index (χ3v) is 4.75. The van der Waals surface area contributed by atoms with Crippen molar-refractivity contribution in [2.75, 3.05) is 13.7 Å². The van der Waals surface area contributed by atoms with Crippen molar-refractivity contribution in [3.8, 4) is 0 Å². The van der Waals surface area contributed by atoms with E-state index in [0.29, 0.717) is 12.4 Å². The van der Waals surface area contributed by atoms with E-state index >= 15 is 0 Å². The number of hydrogen-bond donors (Lipinski definition) is 1. The summed E-state index contributed by atoms with van der Waals surface area (Å²) in [7, 11) is 1.76. The van der Waals surface area contributed by atoms with Gasteiger partial charge in [0.25, 0.3) is 0 Å². The van der Waals surface area contributed by atoms with E-state index in [9.17, 15) is 0 Å². The first kappa shape index (κ1) is 14.0. The van der Waals surface area contributed by atoms with E-state index in [-0.39, 0.29) is 5.60 Å². The van der Waals surface area contributed by atoms with Crippen molar-refractivity contribution in [2.45, 2.75) is 57.6 Å². The van der Waals surface area contributed by atoms with Gasteiger partial charge in [0.15, 0.2) is 0 Å². The zero-order valence-electron chi connectivity index (χ0n) is 12.5. The summed E-state index contributed by atoms with van der Waals surface area (Å²) in [5, 5.41) is 7.55. The molecule has 20 heavy (non-hydrogen) atoms. The third-order valence-electron chi connectivity index (χ3n) is 4.75. The Kier molecular flexibility index (Phi) is 4.08. The molecule has 1 aromatic rings. The van der Waals surface area contributed by atoms with Crippen LogP contribution in [0.4, 0.5) is 0 Å². The molecule has 0 aromatic carbocycles. The van der Waals surface area contributed by atoms with Crippen LogP contribution < -0.4 is 5.32 Å². The maximum atomic E-state index is 5.77.